The van der Waals surface area contributed by atoms with Gasteiger partial charge in [-0.05, 0) is 40.8 Å². The fourth-order valence-corrected chi connectivity index (χ4v) is 3.29. The van der Waals surface area contributed by atoms with Crippen molar-refractivity contribution in [3.05, 3.63) is 22.1 Å². The van der Waals surface area contributed by atoms with Gasteiger partial charge in [-0.15, -0.1) is 0 Å². The van der Waals surface area contributed by atoms with Crippen LogP contribution in [0.25, 0.3) is 0 Å². The summed E-state index contributed by atoms with van der Waals surface area (Å²) >= 11 is 3.42. The minimum absolute atomic E-state index is 0.600. The standard InChI is InChI=1S/C12H16BrNO2/c13-12-5-9-10(6-14-7-11(9)16-12)8-1-3-15-4-2-8/h5,8,10,14H,1-4,6-7H2. The van der Waals surface area contributed by atoms with Gasteiger partial charge in [0.15, 0.2) is 4.67 Å². The zero-order valence-corrected chi connectivity index (χ0v) is 10.8. The van der Waals surface area contributed by atoms with Gasteiger partial charge in [-0.1, -0.05) is 0 Å². The van der Waals surface area contributed by atoms with E-state index in [0.717, 1.165) is 42.7 Å². The maximum absolute atomic E-state index is 5.65. The summed E-state index contributed by atoms with van der Waals surface area (Å²) in [5.41, 5.74) is 1.40. The molecular weight excluding hydrogens is 270 g/mol. The lowest BCUT2D eigenvalue weighted by Gasteiger charge is -2.32. The lowest BCUT2D eigenvalue weighted by molar-refractivity contribution is 0.0565. The molecule has 3 heterocycles. The van der Waals surface area contributed by atoms with E-state index in [9.17, 15) is 0 Å². The van der Waals surface area contributed by atoms with E-state index in [4.69, 9.17) is 9.15 Å². The van der Waals surface area contributed by atoms with E-state index in [1.807, 2.05) is 0 Å². The van der Waals surface area contributed by atoms with Crippen LogP contribution in [0.5, 0.6) is 0 Å². The molecule has 1 saturated heterocycles. The number of rotatable bonds is 1. The summed E-state index contributed by atoms with van der Waals surface area (Å²) in [5, 5.41) is 3.45. The molecule has 0 saturated carbocycles. The molecule has 0 radical (unpaired) electrons. The molecule has 16 heavy (non-hydrogen) atoms. The number of ether oxygens (including phenoxy) is 1. The van der Waals surface area contributed by atoms with Gasteiger partial charge in [0, 0.05) is 31.2 Å². The van der Waals surface area contributed by atoms with Crippen molar-refractivity contribution >= 4 is 15.9 Å². The van der Waals surface area contributed by atoms with Crippen molar-refractivity contribution in [2.45, 2.75) is 25.3 Å². The van der Waals surface area contributed by atoms with Crippen molar-refractivity contribution in [1.82, 2.24) is 5.32 Å². The van der Waals surface area contributed by atoms with Crippen LogP contribution in [-0.4, -0.2) is 19.8 Å². The van der Waals surface area contributed by atoms with Crippen LogP contribution in [0.1, 0.15) is 30.1 Å². The van der Waals surface area contributed by atoms with Crippen LogP contribution in [0.15, 0.2) is 15.2 Å². The van der Waals surface area contributed by atoms with Crippen LogP contribution < -0.4 is 5.32 Å². The topological polar surface area (TPSA) is 34.4 Å². The normalized spacial score (nSPS) is 26.7. The van der Waals surface area contributed by atoms with Gasteiger partial charge in [-0.2, -0.15) is 0 Å². The molecule has 0 aliphatic carbocycles. The van der Waals surface area contributed by atoms with E-state index in [1.165, 1.54) is 18.4 Å². The second kappa shape index (κ2) is 4.51. The Balaban J connectivity index is 1.85. The minimum Gasteiger partial charge on any atom is -0.453 e. The molecule has 2 aliphatic heterocycles. The van der Waals surface area contributed by atoms with Gasteiger partial charge in [-0.25, -0.2) is 0 Å². The van der Waals surface area contributed by atoms with E-state index in [-0.39, 0.29) is 0 Å². The molecule has 1 aromatic heterocycles. The highest BCUT2D eigenvalue weighted by Crippen LogP contribution is 2.38. The summed E-state index contributed by atoms with van der Waals surface area (Å²) in [6.45, 7) is 3.76. The van der Waals surface area contributed by atoms with Crippen molar-refractivity contribution in [3.8, 4) is 0 Å². The molecule has 1 unspecified atom stereocenters. The molecule has 0 amide bonds. The molecule has 88 valence electrons. The second-order valence-electron chi connectivity index (χ2n) is 4.62. The van der Waals surface area contributed by atoms with Crippen LogP contribution in [0.2, 0.25) is 0 Å². The Morgan fingerprint density at radius 1 is 1.31 bits per heavy atom. The van der Waals surface area contributed by atoms with Crippen LogP contribution in [-0.2, 0) is 11.3 Å². The van der Waals surface area contributed by atoms with Crippen LogP contribution in [0, 0.1) is 5.92 Å². The van der Waals surface area contributed by atoms with Gasteiger partial charge in [0.2, 0.25) is 0 Å². The summed E-state index contributed by atoms with van der Waals surface area (Å²) in [4.78, 5) is 0. The van der Waals surface area contributed by atoms with Crippen molar-refractivity contribution in [2.75, 3.05) is 19.8 Å². The first-order valence-electron chi connectivity index (χ1n) is 5.91. The molecule has 0 spiro atoms. The Morgan fingerprint density at radius 2 is 2.12 bits per heavy atom. The summed E-state index contributed by atoms with van der Waals surface area (Å²) in [6, 6.07) is 2.15. The molecule has 0 bridgehead atoms. The molecule has 4 heteroatoms. The molecule has 1 fully saturated rings. The van der Waals surface area contributed by atoms with Gasteiger partial charge in [0.1, 0.15) is 5.76 Å². The monoisotopic (exact) mass is 285 g/mol. The third-order valence-corrected chi connectivity index (χ3v) is 4.09. The van der Waals surface area contributed by atoms with E-state index in [0.29, 0.717) is 5.92 Å². The Hall–Kier alpha value is -0.320. The van der Waals surface area contributed by atoms with Crippen molar-refractivity contribution in [2.24, 2.45) is 5.92 Å². The largest absolute Gasteiger partial charge is 0.453 e. The fraction of sp³-hybridized carbons (Fsp3) is 0.667. The van der Waals surface area contributed by atoms with Gasteiger partial charge in [0.25, 0.3) is 0 Å². The number of furan rings is 1. The van der Waals surface area contributed by atoms with Crippen molar-refractivity contribution < 1.29 is 9.15 Å². The Kier molecular flexibility index (Phi) is 3.05. The average Bonchev–Trinajstić information content (AvgIpc) is 2.70. The van der Waals surface area contributed by atoms with Gasteiger partial charge in [0.05, 0.1) is 6.54 Å². The Morgan fingerprint density at radius 3 is 2.94 bits per heavy atom. The third kappa shape index (κ3) is 1.94. The van der Waals surface area contributed by atoms with Crippen LogP contribution >= 0.6 is 15.9 Å². The van der Waals surface area contributed by atoms with Crippen LogP contribution in [0.3, 0.4) is 0 Å². The Bertz CT molecular complexity index is 371. The lowest BCUT2D eigenvalue weighted by Crippen LogP contribution is -2.34. The summed E-state index contributed by atoms with van der Waals surface area (Å²) in [5.74, 6) is 2.45. The number of nitrogens with one attached hydrogen (secondary N) is 1. The maximum atomic E-state index is 5.65. The summed E-state index contributed by atoms with van der Waals surface area (Å²) in [7, 11) is 0. The molecule has 3 rings (SSSR count). The van der Waals surface area contributed by atoms with Crippen molar-refractivity contribution in [3.63, 3.8) is 0 Å². The van der Waals surface area contributed by atoms with E-state index in [1.54, 1.807) is 0 Å². The SMILES string of the molecule is Brc1cc2c(o1)CNCC2C1CCOCC1. The maximum Gasteiger partial charge on any atom is 0.169 e. The first kappa shape index (κ1) is 10.8. The first-order valence-corrected chi connectivity index (χ1v) is 6.70. The Labute approximate surface area is 104 Å². The fourth-order valence-electron chi connectivity index (χ4n) is 2.85. The summed E-state index contributed by atoms with van der Waals surface area (Å²) in [6.07, 6.45) is 2.35. The predicted octanol–water partition coefficient (Wildman–Crippen LogP) is 2.66. The molecule has 1 atom stereocenters. The van der Waals surface area contributed by atoms with Crippen molar-refractivity contribution in [1.29, 1.82) is 0 Å². The summed E-state index contributed by atoms with van der Waals surface area (Å²) < 4.78 is 11.9. The molecule has 1 aromatic rings. The lowest BCUT2D eigenvalue weighted by atomic mass is 9.80. The van der Waals surface area contributed by atoms with E-state index in [2.05, 4.69) is 27.3 Å². The minimum atomic E-state index is 0.600. The van der Waals surface area contributed by atoms with E-state index < -0.39 is 0 Å². The highest BCUT2D eigenvalue weighted by Gasteiger charge is 2.31. The highest BCUT2D eigenvalue weighted by molar-refractivity contribution is 9.10. The molecule has 1 N–H and O–H groups in total. The number of hydrogen-bond acceptors (Lipinski definition) is 3. The molecule has 0 aromatic carbocycles. The third-order valence-electron chi connectivity index (χ3n) is 3.70. The second-order valence-corrected chi connectivity index (χ2v) is 5.40. The smallest absolute Gasteiger partial charge is 0.169 e. The zero-order chi connectivity index (χ0) is 11.0. The molecule has 3 nitrogen and oxygen atoms in total. The van der Waals surface area contributed by atoms with Crippen LogP contribution in [0.4, 0.5) is 0 Å². The van der Waals surface area contributed by atoms with Gasteiger partial charge < -0.3 is 14.5 Å². The number of halogens is 1. The number of hydrogen-bond donors (Lipinski definition) is 1. The van der Waals surface area contributed by atoms with Gasteiger partial charge >= 0.3 is 0 Å². The predicted molar refractivity (Wildman–Crippen MR) is 64.4 cm³/mol. The highest BCUT2D eigenvalue weighted by atomic mass is 79.9. The zero-order valence-electron chi connectivity index (χ0n) is 9.17. The van der Waals surface area contributed by atoms with Gasteiger partial charge in [-0.3, -0.25) is 0 Å². The molecule has 2 aliphatic rings. The first-order chi connectivity index (χ1) is 7.84. The van der Waals surface area contributed by atoms with E-state index >= 15 is 0 Å². The number of fused-ring (bicyclic) bond motifs is 1. The molecular formula is C12H16BrNO2. The quantitative estimate of drug-likeness (QED) is 0.862. The average molecular weight is 286 g/mol.